The summed E-state index contributed by atoms with van der Waals surface area (Å²) < 4.78 is 18.3. The first-order chi connectivity index (χ1) is 9.19. The predicted octanol–water partition coefficient (Wildman–Crippen LogP) is 1.42. The fourth-order valence-electron chi connectivity index (χ4n) is 1.64. The Balaban J connectivity index is 1.90. The first-order valence-electron chi connectivity index (χ1n) is 5.76. The van der Waals surface area contributed by atoms with E-state index in [1.807, 2.05) is 0 Å². The number of carbonyl (C=O) groups excluding carboxylic acids is 1. The zero-order valence-corrected chi connectivity index (χ0v) is 10.4. The summed E-state index contributed by atoms with van der Waals surface area (Å²) in [6.07, 6.45) is 3.46. The normalized spacial score (nSPS) is 10.2. The lowest BCUT2D eigenvalue weighted by Gasteiger charge is -2.06. The van der Waals surface area contributed by atoms with Crippen molar-refractivity contribution in [2.75, 3.05) is 7.11 Å². The summed E-state index contributed by atoms with van der Waals surface area (Å²) in [6.45, 7) is 0.397. The van der Waals surface area contributed by atoms with Gasteiger partial charge in [-0.1, -0.05) is 6.07 Å². The van der Waals surface area contributed by atoms with Crippen LogP contribution in [0.5, 0.6) is 5.75 Å². The number of H-pyrrole nitrogens is 1. The van der Waals surface area contributed by atoms with Gasteiger partial charge in [-0.3, -0.25) is 9.89 Å². The highest BCUT2D eigenvalue weighted by atomic mass is 19.1. The van der Waals surface area contributed by atoms with E-state index in [4.69, 9.17) is 4.74 Å². The van der Waals surface area contributed by atoms with E-state index < -0.39 is 5.82 Å². The van der Waals surface area contributed by atoms with Gasteiger partial charge in [-0.2, -0.15) is 5.10 Å². The average Bonchev–Trinajstić information content (AvgIpc) is 2.90. The van der Waals surface area contributed by atoms with E-state index in [1.54, 1.807) is 18.5 Å². The zero-order valence-electron chi connectivity index (χ0n) is 10.4. The van der Waals surface area contributed by atoms with Crippen LogP contribution in [0.2, 0.25) is 0 Å². The van der Waals surface area contributed by atoms with Crippen LogP contribution >= 0.6 is 0 Å². The maximum absolute atomic E-state index is 13.4. The summed E-state index contributed by atoms with van der Waals surface area (Å²) in [6, 6.07) is 4.48. The van der Waals surface area contributed by atoms with Gasteiger partial charge in [0, 0.05) is 18.3 Å². The topological polar surface area (TPSA) is 67.0 Å². The fraction of sp³-hybridized carbons (Fsp3) is 0.231. The molecule has 1 amide bonds. The molecule has 19 heavy (non-hydrogen) atoms. The maximum Gasteiger partial charge on any atom is 0.224 e. The van der Waals surface area contributed by atoms with Crippen LogP contribution in [0.15, 0.2) is 30.6 Å². The highest BCUT2D eigenvalue weighted by Gasteiger charge is 2.07. The molecule has 0 spiro atoms. The highest BCUT2D eigenvalue weighted by molar-refractivity contribution is 5.78. The summed E-state index contributed by atoms with van der Waals surface area (Å²) >= 11 is 0. The third-order valence-corrected chi connectivity index (χ3v) is 2.63. The Morgan fingerprint density at radius 1 is 1.47 bits per heavy atom. The lowest BCUT2D eigenvalue weighted by molar-refractivity contribution is -0.120. The van der Waals surface area contributed by atoms with E-state index in [2.05, 4.69) is 15.5 Å². The van der Waals surface area contributed by atoms with Crippen LogP contribution in [-0.2, 0) is 17.8 Å². The summed E-state index contributed by atoms with van der Waals surface area (Å²) in [5, 5.41) is 9.16. The van der Waals surface area contributed by atoms with E-state index >= 15 is 0 Å². The molecule has 100 valence electrons. The van der Waals surface area contributed by atoms with Crippen LogP contribution in [0.4, 0.5) is 4.39 Å². The Bertz CT molecular complexity index is 555. The van der Waals surface area contributed by atoms with Gasteiger partial charge >= 0.3 is 0 Å². The molecule has 1 aromatic heterocycles. The number of carbonyl (C=O) groups is 1. The minimum absolute atomic E-state index is 0.124. The largest absolute Gasteiger partial charge is 0.494 e. The van der Waals surface area contributed by atoms with Gasteiger partial charge in [0.05, 0.1) is 19.7 Å². The molecule has 0 atom stereocenters. The van der Waals surface area contributed by atoms with Gasteiger partial charge < -0.3 is 10.1 Å². The van der Waals surface area contributed by atoms with Crippen molar-refractivity contribution < 1.29 is 13.9 Å². The van der Waals surface area contributed by atoms with Crippen molar-refractivity contribution in [3.63, 3.8) is 0 Å². The molecule has 2 N–H and O–H groups in total. The molecular weight excluding hydrogens is 249 g/mol. The van der Waals surface area contributed by atoms with Crippen LogP contribution in [-0.4, -0.2) is 23.2 Å². The van der Waals surface area contributed by atoms with Crippen LogP contribution in [0.25, 0.3) is 0 Å². The van der Waals surface area contributed by atoms with Crippen LogP contribution in [0.3, 0.4) is 0 Å². The molecule has 0 saturated heterocycles. The van der Waals surface area contributed by atoms with Crippen LogP contribution in [0.1, 0.15) is 11.1 Å². The van der Waals surface area contributed by atoms with Crippen molar-refractivity contribution in [1.82, 2.24) is 15.5 Å². The van der Waals surface area contributed by atoms with E-state index in [9.17, 15) is 9.18 Å². The zero-order chi connectivity index (χ0) is 13.7. The Morgan fingerprint density at radius 3 is 2.95 bits per heavy atom. The standard InChI is InChI=1S/C13H14FN3O2/c1-19-12-3-2-9(4-11(12)14)5-13(18)15-6-10-7-16-17-8-10/h2-4,7-8H,5-6H2,1H3,(H,15,18)(H,16,17). The van der Waals surface area contributed by atoms with Gasteiger partial charge in [-0.05, 0) is 17.7 Å². The van der Waals surface area contributed by atoms with Crippen molar-refractivity contribution in [1.29, 1.82) is 0 Å². The first kappa shape index (κ1) is 13.1. The third kappa shape index (κ3) is 3.54. The highest BCUT2D eigenvalue weighted by Crippen LogP contribution is 2.17. The Labute approximate surface area is 109 Å². The van der Waals surface area contributed by atoms with Crippen molar-refractivity contribution >= 4 is 5.91 Å². The molecule has 0 aliphatic carbocycles. The molecule has 0 saturated carbocycles. The second-order valence-electron chi connectivity index (χ2n) is 4.03. The molecule has 0 radical (unpaired) electrons. The minimum Gasteiger partial charge on any atom is -0.494 e. The number of ether oxygens (including phenoxy) is 1. The second-order valence-corrected chi connectivity index (χ2v) is 4.03. The maximum atomic E-state index is 13.4. The summed E-state index contributed by atoms with van der Waals surface area (Å²) in [4.78, 5) is 11.7. The number of nitrogens with zero attached hydrogens (tertiary/aromatic N) is 1. The number of hydrogen-bond donors (Lipinski definition) is 2. The second kappa shape index (κ2) is 5.99. The average molecular weight is 263 g/mol. The number of benzene rings is 1. The molecule has 0 aliphatic heterocycles. The number of aromatic amines is 1. The third-order valence-electron chi connectivity index (χ3n) is 2.63. The van der Waals surface area contributed by atoms with Gasteiger partial charge in [-0.25, -0.2) is 4.39 Å². The van der Waals surface area contributed by atoms with Crippen LogP contribution < -0.4 is 10.1 Å². The summed E-state index contributed by atoms with van der Waals surface area (Å²) in [5.41, 5.74) is 1.48. The van der Waals surface area contributed by atoms with E-state index in [0.29, 0.717) is 12.1 Å². The molecule has 1 aromatic carbocycles. The van der Waals surface area contributed by atoms with Crippen LogP contribution in [0, 0.1) is 5.82 Å². The minimum atomic E-state index is -0.470. The van der Waals surface area contributed by atoms with Gasteiger partial charge in [0.15, 0.2) is 11.6 Å². The number of amides is 1. The van der Waals surface area contributed by atoms with E-state index in [-0.39, 0.29) is 18.1 Å². The number of rotatable bonds is 5. The van der Waals surface area contributed by atoms with Crippen molar-refractivity contribution in [2.45, 2.75) is 13.0 Å². The van der Waals surface area contributed by atoms with Gasteiger partial charge in [0.25, 0.3) is 0 Å². The van der Waals surface area contributed by atoms with Crippen molar-refractivity contribution in [3.05, 3.63) is 47.5 Å². The molecule has 5 nitrogen and oxygen atoms in total. The molecule has 0 bridgehead atoms. The quantitative estimate of drug-likeness (QED) is 0.857. The number of methoxy groups -OCH3 is 1. The number of halogens is 1. The first-order valence-corrected chi connectivity index (χ1v) is 5.76. The van der Waals surface area contributed by atoms with Crippen molar-refractivity contribution in [2.24, 2.45) is 0 Å². The summed E-state index contributed by atoms with van der Waals surface area (Å²) in [5.74, 6) is -0.476. The predicted molar refractivity (Wildman–Crippen MR) is 67.1 cm³/mol. The smallest absolute Gasteiger partial charge is 0.224 e. The Hall–Kier alpha value is -2.37. The summed E-state index contributed by atoms with van der Waals surface area (Å²) in [7, 11) is 1.40. The number of hydrogen-bond acceptors (Lipinski definition) is 3. The molecule has 0 aliphatic rings. The lowest BCUT2D eigenvalue weighted by Crippen LogP contribution is -2.24. The molecular formula is C13H14FN3O2. The molecule has 2 rings (SSSR count). The monoisotopic (exact) mass is 263 g/mol. The molecule has 0 fully saturated rings. The van der Waals surface area contributed by atoms with Gasteiger partial charge in [0.2, 0.25) is 5.91 Å². The fourth-order valence-corrected chi connectivity index (χ4v) is 1.64. The van der Waals surface area contributed by atoms with E-state index in [1.165, 1.54) is 19.2 Å². The molecule has 1 heterocycles. The van der Waals surface area contributed by atoms with E-state index in [0.717, 1.165) is 5.56 Å². The molecule has 6 heteroatoms. The van der Waals surface area contributed by atoms with Gasteiger partial charge in [0.1, 0.15) is 0 Å². The SMILES string of the molecule is COc1ccc(CC(=O)NCc2cn[nH]c2)cc1F. The Kier molecular flexibility index (Phi) is 4.12. The molecule has 2 aromatic rings. The van der Waals surface area contributed by atoms with Gasteiger partial charge in [-0.15, -0.1) is 0 Å². The lowest BCUT2D eigenvalue weighted by atomic mass is 10.1. The van der Waals surface area contributed by atoms with Crippen molar-refractivity contribution in [3.8, 4) is 5.75 Å². The Morgan fingerprint density at radius 2 is 2.32 bits per heavy atom. The molecule has 0 unspecified atom stereocenters. The number of aromatic nitrogens is 2. The number of nitrogens with one attached hydrogen (secondary N) is 2.